The molecular weight excluding hydrogens is 192 g/mol. The van der Waals surface area contributed by atoms with Gasteiger partial charge in [-0.2, -0.15) is 0 Å². The van der Waals surface area contributed by atoms with Crippen molar-refractivity contribution in [1.29, 1.82) is 0 Å². The van der Waals surface area contributed by atoms with E-state index in [-0.39, 0.29) is 12.5 Å². The van der Waals surface area contributed by atoms with Gasteiger partial charge in [0.1, 0.15) is 5.75 Å². The van der Waals surface area contributed by atoms with E-state index in [1.807, 2.05) is 24.3 Å². The molecule has 0 radical (unpaired) electrons. The van der Waals surface area contributed by atoms with Crippen LogP contribution in [0.25, 0.3) is 0 Å². The van der Waals surface area contributed by atoms with Gasteiger partial charge >= 0.3 is 0 Å². The molecule has 0 aliphatic carbocycles. The summed E-state index contributed by atoms with van der Waals surface area (Å²) in [7, 11) is 1.63. The Morgan fingerprint density at radius 2 is 2.27 bits per heavy atom. The molecule has 0 aliphatic rings. The molecule has 1 aromatic carbocycles. The molecule has 0 bridgehead atoms. The molecule has 0 unspecified atom stereocenters. The number of hydrogen-bond acceptors (Lipinski definition) is 3. The van der Waals surface area contributed by atoms with Crippen molar-refractivity contribution in [3.8, 4) is 5.75 Å². The fourth-order valence-electron chi connectivity index (χ4n) is 1.18. The highest BCUT2D eigenvalue weighted by atomic mass is 16.5. The Morgan fingerprint density at radius 1 is 1.47 bits per heavy atom. The molecule has 15 heavy (non-hydrogen) atoms. The number of amides is 1. The van der Waals surface area contributed by atoms with E-state index >= 15 is 0 Å². The van der Waals surface area contributed by atoms with Crippen LogP contribution in [-0.4, -0.2) is 19.6 Å². The quantitative estimate of drug-likeness (QED) is 0.706. The fraction of sp³-hybridized carbons (Fsp3) is 0.364. The van der Waals surface area contributed by atoms with E-state index in [4.69, 9.17) is 4.74 Å². The molecule has 4 nitrogen and oxygen atoms in total. The number of carbonyl (C=O) groups is 1. The highest BCUT2D eigenvalue weighted by Crippen LogP contribution is 2.13. The van der Waals surface area contributed by atoms with Crippen molar-refractivity contribution < 1.29 is 9.53 Å². The molecule has 0 heterocycles. The van der Waals surface area contributed by atoms with Gasteiger partial charge in [0.15, 0.2) is 6.61 Å². The highest BCUT2D eigenvalue weighted by molar-refractivity contribution is 5.76. The van der Waals surface area contributed by atoms with E-state index < -0.39 is 0 Å². The average Bonchev–Trinajstić information content (AvgIpc) is 2.27. The topological polar surface area (TPSA) is 50.4 Å². The monoisotopic (exact) mass is 208 g/mol. The molecular formula is C11H16N2O2. The third-order valence-electron chi connectivity index (χ3n) is 1.94. The minimum atomic E-state index is -0.195. The van der Waals surface area contributed by atoms with Crippen LogP contribution >= 0.6 is 0 Å². The summed E-state index contributed by atoms with van der Waals surface area (Å²) in [5.41, 5.74) is 6.17. The standard InChI is InChI=1S/C11H16N2O2/c1-3-9-5-4-6-10(7-9)15-8-11(14)13-12-2/h4-7,12H,3,8H2,1-2H3,(H,13,14). The zero-order chi connectivity index (χ0) is 11.1. The van der Waals surface area contributed by atoms with Gasteiger partial charge in [0, 0.05) is 7.05 Å². The normalized spacial score (nSPS) is 9.73. The third-order valence-corrected chi connectivity index (χ3v) is 1.94. The van der Waals surface area contributed by atoms with E-state index in [1.54, 1.807) is 7.05 Å². The van der Waals surface area contributed by atoms with Crippen LogP contribution in [0.3, 0.4) is 0 Å². The minimum Gasteiger partial charge on any atom is -0.484 e. The number of rotatable bonds is 5. The number of carbonyl (C=O) groups excluding carboxylic acids is 1. The van der Waals surface area contributed by atoms with Gasteiger partial charge in [-0.25, -0.2) is 5.43 Å². The van der Waals surface area contributed by atoms with Gasteiger partial charge in [-0.05, 0) is 24.1 Å². The van der Waals surface area contributed by atoms with Crippen LogP contribution in [0, 0.1) is 0 Å². The maximum atomic E-state index is 11.1. The van der Waals surface area contributed by atoms with Crippen LogP contribution < -0.4 is 15.6 Å². The summed E-state index contributed by atoms with van der Waals surface area (Å²) in [6.07, 6.45) is 0.958. The van der Waals surface area contributed by atoms with E-state index in [9.17, 15) is 4.79 Å². The summed E-state index contributed by atoms with van der Waals surface area (Å²) in [6, 6.07) is 7.73. The zero-order valence-corrected chi connectivity index (χ0v) is 9.04. The molecule has 82 valence electrons. The molecule has 0 aromatic heterocycles. The number of hydrazine groups is 1. The Labute approximate surface area is 89.6 Å². The molecule has 2 N–H and O–H groups in total. The second-order valence-corrected chi connectivity index (χ2v) is 3.09. The fourth-order valence-corrected chi connectivity index (χ4v) is 1.18. The Balaban J connectivity index is 2.46. The first-order valence-corrected chi connectivity index (χ1v) is 4.93. The van der Waals surface area contributed by atoms with E-state index in [2.05, 4.69) is 17.8 Å². The van der Waals surface area contributed by atoms with Crippen molar-refractivity contribution in [2.75, 3.05) is 13.7 Å². The lowest BCUT2D eigenvalue weighted by molar-refractivity contribution is -0.123. The average molecular weight is 208 g/mol. The van der Waals surface area contributed by atoms with Crippen LogP contribution in [-0.2, 0) is 11.2 Å². The molecule has 0 aliphatic heterocycles. The van der Waals surface area contributed by atoms with Crippen molar-refractivity contribution in [1.82, 2.24) is 10.9 Å². The Kier molecular flexibility index (Phi) is 4.63. The zero-order valence-electron chi connectivity index (χ0n) is 9.04. The predicted molar refractivity (Wildman–Crippen MR) is 58.5 cm³/mol. The summed E-state index contributed by atoms with van der Waals surface area (Å²) in [4.78, 5) is 11.1. The summed E-state index contributed by atoms with van der Waals surface area (Å²) in [6.45, 7) is 2.10. The smallest absolute Gasteiger partial charge is 0.271 e. The Morgan fingerprint density at radius 3 is 2.93 bits per heavy atom. The predicted octanol–water partition coefficient (Wildman–Crippen LogP) is 0.878. The number of aryl methyl sites for hydroxylation is 1. The van der Waals surface area contributed by atoms with Gasteiger partial charge in [0.25, 0.3) is 5.91 Å². The number of benzene rings is 1. The molecule has 0 saturated carbocycles. The van der Waals surface area contributed by atoms with Gasteiger partial charge in [-0.15, -0.1) is 0 Å². The maximum Gasteiger partial charge on any atom is 0.271 e. The van der Waals surface area contributed by atoms with Crippen LogP contribution in [0.1, 0.15) is 12.5 Å². The lowest BCUT2D eigenvalue weighted by atomic mass is 10.2. The molecule has 0 fully saturated rings. The SMILES string of the molecule is CCc1cccc(OCC(=O)NNC)c1. The van der Waals surface area contributed by atoms with Gasteiger partial charge in [0.2, 0.25) is 0 Å². The lowest BCUT2D eigenvalue weighted by Gasteiger charge is -2.07. The largest absolute Gasteiger partial charge is 0.484 e. The van der Waals surface area contributed by atoms with Crippen molar-refractivity contribution in [3.63, 3.8) is 0 Å². The highest BCUT2D eigenvalue weighted by Gasteiger charge is 2.01. The summed E-state index contributed by atoms with van der Waals surface area (Å²) in [5.74, 6) is 0.528. The van der Waals surface area contributed by atoms with Crippen LogP contribution in [0.15, 0.2) is 24.3 Å². The molecule has 1 aromatic rings. The molecule has 1 rings (SSSR count). The van der Waals surface area contributed by atoms with Crippen molar-refractivity contribution >= 4 is 5.91 Å². The maximum absolute atomic E-state index is 11.1. The van der Waals surface area contributed by atoms with Crippen molar-refractivity contribution in [2.24, 2.45) is 0 Å². The Hall–Kier alpha value is -1.55. The van der Waals surface area contributed by atoms with Crippen molar-refractivity contribution in [3.05, 3.63) is 29.8 Å². The first-order chi connectivity index (χ1) is 7.26. The second-order valence-electron chi connectivity index (χ2n) is 3.09. The minimum absolute atomic E-state index is 0.0218. The van der Waals surface area contributed by atoms with E-state index in [1.165, 1.54) is 5.56 Å². The summed E-state index contributed by atoms with van der Waals surface area (Å²) in [5, 5.41) is 0. The molecule has 0 atom stereocenters. The Bertz CT molecular complexity index is 326. The van der Waals surface area contributed by atoms with Crippen LogP contribution in [0.5, 0.6) is 5.75 Å². The molecule has 1 amide bonds. The first kappa shape index (κ1) is 11.5. The summed E-state index contributed by atoms with van der Waals surface area (Å²) >= 11 is 0. The number of hydrogen-bond donors (Lipinski definition) is 2. The second kappa shape index (κ2) is 6.03. The van der Waals surface area contributed by atoms with Crippen LogP contribution in [0.2, 0.25) is 0 Å². The third kappa shape index (κ3) is 3.99. The van der Waals surface area contributed by atoms with Crippen molar-refractivity contribution in [2.45, 2.75) is 13.3 Å². The van der Waals surface area contributed by atoms with Gasteiger partial charge in [-0.1, -0.05) is 19.1 Å². The van der Waals surface area contributed by atoms with Gasteiger partial charge in [0.05, 0.1) is 0 Å². The molecule has 0 spiro atoms. The van der Waals surface area contributed by atoms with Gasteiger partial charge < -0.3 is 4.74 Å². The molecule has 4 heteroatoms. The lowest BCUT2D eigenvalue weighted by Crippen LogP contribution is -2.37. The molecule has 0 saturated heterocycles. The number of ether oxygens (including phenoxy) is 1. The van der Waals surface area contributed by atoms with E-state index in [0.717, 1.165) is 12.2 Å². The first-order valence-electron chi connectivity index (χ1n) is 4.93. The summed E-state index contributed by atoms with van der Waals surface area (Å²) < 4.78 is 5.31. The number of nitrogens with one attached hydrogen (secondary N) is 2. The van der Waals surface area contributed by atoms with Gasteiger partial charge in [-0.3, -0.25) is 10.2 Å². The van der Waals surface area contributed by atoms with Crippen LogP contribution in [0.4, 0.5) is 0 Å². The van der Waals surface area contributed by atoms with E-state index in [0.29, 0.717) is 0 Å².